The van der Waals surface area contributed by atoms with E-state index in [0.29, 0.717) is 12.4 Å². The first-order valence-corrected chi connectivity index (χ1v) is 8.21. The fraction of sp³-hybridized carbons (Fsp3) is 0.429. The van der Waals surface area contributed by atoms with Crippen LogP contribution in [-0.4, -0.2) is 39.9 Å². The van der Waals surface area contributed by atoms with Crippen molar-refractivity contribution < 1.29 is 27.5 Å². The molecule has 1 aromatic rings. The third-order valence-corrected chi connectivity index (χ3v) is 3.98. The number of ketones is 1. The molecular formula is C14H19NO6S. The van der Waals surface area contributed by atoms with Crippen LogP contribution in [0.2, 0.25) is 0 Å². The Balaban J connectivity index is 2.50. The first-order chi connectivity index (χ1) is 10.3. The minimum absolute atomic E-state index is 0.0769. The Hall–Kier alpha value is -1.93. The van der Waals surface area contributed by atoms with E-state index in [-0.39, 0.29) is 30.3 Å². The van der Waals surface area contributed by atoms with Crippen LogP contribution in [0.5, 0.6) is 5.75 Å². The summed E-state index contributed by atoms with van der Waals surface area (Å²) in [6.45, 7) is 3.21. The second kappa shape index (κ2) is 8.50. The summed E-state index contributed by atoms with van der Waals surface area (Å²) < 4.78 is 36.1. The molecule has 0 aromatic heterocycles. The van der Waals surface area contributed by atoms with Gasteiger partial charge in [-0.25, -0.2) is 13.1 Å². The molecule has 22 heavy (non-hydrogen) atoms. The van der Waals surface area contributed by atoms with E-state index in [0.717, 1.165) is 0 Å². The Kier molecular flexibility index (Phi) is 7.00. The number of hydrogen-bond donors (Lipinski definition) is 1. The van der Waals surface area contributed by atoms with Crippen molar-refractivity contribution in [1.29, 1.82) is 0 Å². The fourth-order valence-corrected chi connectivity index (χ4v) is 2.54. The number of hydrogen-bond acceptors (Lipinski definition) is 6. The topological polar surface area (TPSA) is 98.8 Å². The molecule has 1 rings (SSSR count). The van der Waals surface area contributed by atoms with Crippen molar-refractivity contribution >= 4 is 21.8 Å². The van der Waals surface area contributed by atoms with Crippen LogP contribution in [0.1, 0.15) is 20.3 Å². The second-order valence-corrected chi connectivity index (χ2v) is 6.18. The maximum absolute atomic E-state index is 12.0. The van der Waals surface area contributed by atoms with E-state index in [1.165, 1.54) is 19.1 Å². The fourth-order valence-electron chi connectivity index (χ4n) is 1.51. The minimum atomic E-state index is -3.70. The van der Waals surface area contributed by atoms with Gasteiger partial charge in [0.1, 0.15) is 12.4 Å². The molecule has 0 radical (unpaired) electrons. The van der Waals surface area contributed by atoms with Crippen molar-refractivity contribution in [3.05, 3.63) is 24.3 Å². The van der Waals surface area contributed by atoms with E-state index in [4.69, 9.17) is 4.74 Å². The molecule has 122 valence electrons. The van der Waals surface area contributed by atoms with Crippen LogP contribution in [0.4, 0.5) is 0 Å². The van der Waals surface area contributed by atoms with Gasteiger partial charge in [-0.1, -0.05) is 0 Å². The lowest BCUT2D eigenvalue weighted by Gasteiger charge is -2.08. The molecule has 0 atom stereocenters. The summed E-state index contributed by atoms with van der Waals surface area (Å²) in [7, 11) is -3.70. The average molecular weight is 329 g/mol. The van der Waals surface area contributed by atoms with Gasteiger partial charge in [0.15, 0.2) is 5.78 Å². The zero-order valence-electron chi connectivity index (χ0n) is 12.5. The van der Waals surface area contributed by atoms with E-state index in [1.807, 2.05) is 6.92 Å². The molecule has 0 heterocycles. The Labute approximate surface area is 129 Å². The average Bonchev–Trinajstić information content (AvgIpc) is 2.46. The predicted octanol–water partition coefficient (Wildman–Crippen LogP) is 0.886. The first kappa shape index (κ1) is 18.1. The molecule has 0 unspecified atom stereocenters. The van der Waals surface area contributed by atoms with Crippen LogP contribution in [0.25, 0.3) is 0 Å². The Bertz CT molecular complexity index is 609. The van der Waals surface area contributed by atoms with Gasteiger partial charge < -0.3 is 9.47 Å². The standard InChI is InChI=1S/C14H19NO6S/c1-3-20-12-4-6-13(7-5-12)22(18,19)15-9-8-14(17)21-10-11(2)16/h4-7,15H,3,8-10H2,1-2H3. The van der Waals surface area contributed by atoms with Crippen LogP contribution in [0.15, 0.2) is 29.2 Å². The number of benzene rings is 1. The highest BCUT2D eigenvalue weighted by Gasteiger charge is 2.14. The summed E-state index contributed by atoms with van der Waals surface area (Å²) in [5.74, 6) is -0.331. The minimum Gasteiger partial charge on any atom is -0.494 e. The molecule has 8 heteroatoms. The molecule has 0 aliphatic rings. The first-order valence-electron chi connectivity index (χ1n) is 6.72. The Morgan fingerprint density at radius 1 is 1.18 bits per heavy atom. The van der Waals surface area contributed by atoms with Gasteiger partial charge in [0.05, 0.1) is 17.9 Å². The number of ether oxygens (including phenoxy) is 2. The molecule has 1 aromatic carbocycles. The molecule has 1 N–H and O–H groups in total. The van der Waals surface area contributed by atoms with Crippen LogP contribution in [0, 0.1) is 0 Å². The SMILES string of the molecule is CCOc1ccc(S(=O)(=O)NCCC(=O)OCC(C)=O)cc1. The molecule has 0 amide bonds. The quantitative estimate of drug-likeness (QED) is 0.675. The summed E-state index contributed by atoms with van der Waals surface area (Å²) in [6.07, 6.45) is -0.149. The van der Waals surface area contributed by atoms with Crippen molar-refractivity contribution in [2.24, 2.45) is 0 Å². The van der Waals surface area contributed by atoms with Crippen LogP contribution < -0.4 is 9.46 Å². The van der Waals surface area contributed by atoms with Gasteiger partial charge in [0, 0.05) is 6.54 Å². The molecule has 0 spiro atoms. The summed E-state index contributed by atoms with van der Waals surface area (Å²) in [4.78, 5) is 22.0. The monoisotopic (exact) mass is 329 g/mol. The third-order valence-electron chi connectivity index (χ3n) is 2.50. The molecular weight excluding hydrogens is 310 g/mol. The van der Waals surface area contributed by atoms with Crippen LogP contribution in [-0.2, 0) is 24.3 Å². The summed E-state index contributed by atoms with van der Waals surface area (Å²) in [5, 5.41) is 0. The van der Waals surface area contributed by atoms with Crippen LogP contribution >= 0.6 is 0 Å². The lowest BCUT2D eigenvalue weighted by atomic mass is 10.3. The van der Waals surface area contributed by atoms with Gasteiger partial charge >= 0.3 is 5.97 Å². The van der Waals surface area contributed by atoms with Gasteiger partial charge in [-0.2, -0.15) is 0 Å². The van der Waals surface area contributed by atoms with Crippen molar-refractivity contribution in [2.45, 2.75) is 25.2 Å². The van der Waals surface area contributed by atoms with Gasteiger partial charge in [0.25, 0.3) is 0 Å². The molecule has 0 bridgehead atoms. The normalized spacial score (nSPS) is 11.0. The molecule has 0 saturated heterocycles. The van der Waals surface area contributed by atoms with Crippen molar-refractivity contribution in [3.8, 4) is 5.75 Å². The summed E-state index contributed by atoms with van der Waals surface area (Å²) >= 11 is 0. The highest BCUT2D eigenvalue weighted by molar-refractivity contribution is 7.89. The molecule has 0 fully saturated rings. The van der Waals surface area contributed by atoms with Gasteiger partial charge in [-0.15, -0.1) is 0 Å². The van der Waals surface area contributed by atoms with Crippen molar-refractivity contribution in [2.75, 3.05) is 19.8 Å². The summed E-state index contributed by atoms with van der Waals surface area (Å²) in [5.41, 5.74) is 0. The van der Waals surface area contributed by atoms with E-state index in [2.05, 4.69) is 9.46 Å². The van der Waals surface area contributed by atoms with Gasteiger partial charge in [-0.05, 0) is 38.1 Å². The maximum atomic E-state index is 12.0. The van der Waals surface area contributed by atoms with E-state index in [9.17, 15) is 18.0 Å². The highest BCUT2D eigenvalue weighted by Crippen LogP contribution is 2.15. The number of rotatable bonds is 9. The number of Topliss-reactive ketones (excluding diaryl/α,β-unsaturated/α-hetero) is 1. The zero-order chi connectivity index (χ0) is 16.6. The second-order valence-electron chi connectivity index (χ2n) is 4.41. The molecule has 0 aliphatic carbocycles. The van der Waals surface area contributed by atoms with Crippen molar-refractivity contribution in [3.63, 3.8) is 0 Å². The number of carbonyl (C=O) groups excluding carboxylic acids is 2. The molecule has 0 saturated carbocycles. The zero-order valence-corrected chi connectivity index (χ0v) is 13.3. The van der Waals surface area contributed by atoms with E-state index in [1.54, 1.807) is 12.1 Å². The number of sulfonamides is 1. The lowest BCUT2D eigenvalue weighted by molar-refractivity contribution is -0.147. The number of nitrogens with one attached hydrogen (secondary N) is 1. The van der Waals surface area contributed by atoms with Gasteiger partial charge in [-0.3, -0.25) is 9.59 Å². The predicted molar refractivity (Wildman–Crippen MR) is 79.1 cm³/mol. The van der Waals surface area contributed by atoms with E-state index >= 15 is 0 Å². The molecule has 0 aliphatic heterocycles. The van der Waals surface area contributed by atoms with Gasteiger partial charge in [0.2, 0.25) is 10.0 Å². The Morgan fingerprint density at radius 3 is 2.36 bits per heavy atom. The van der Waals surface area contributed by atoms with Crippen molar-refractivity contribution in [1.82, 2.24) is 4.72 Å². The number of carbonyl (C=O) groups is 2. The third kappa shape index (κ3) is 6.23. The largest absolute Gasteiger partial charge is 0.494 e. The smallest absolute Gasteiger partial charge is 0.307 e. The number of esters is 1. The highest BCUT2D eigenvalue weighted by atomic mass is 32.2. The summed E-state index contributed by atoms with van der Waals surface area (Å²) in [6, 6.07) is 5.95. The lowest BCUT2D eigenvalue weighted by Crippen LogP contribution is -2.27. The maximum Gasteiger partial charge on any atom is 0.307 e. The van der Waals surface area contributed by atoms with E-state index < -0.39 is 16.0 Å². The Morgan fingerprint density at radius 2 is 1.82 bits per heavy atom. The molecule has 7 nitrogen and oxygen atoms in total. The van der Waals surface area contributed by atoms with Crippen LogP contribution in [0.3, 0.4) is 0 Å².